The molecule has 3 aliphatic rings. The number of rotatable bonds is 4. The third-order valence-corrected chi connectivity index (χ3v) is 6.64. The van der Waals surface area contributed by atoms with Gasteiger partial charge in [0.25, 0.3) is 0 Å². The zero-order valence-corrected chi connectivity index (χ0v) is 15.0. The van der Waals surface area contributed by atoms with E-state index < -0.39 is 0 Å². The van der Waals surface area contributed by atoms with Crippen LogP contribution in [0, 0.1) is 11.8 Å². The summed E-state index contributed by atoms with van der Waals surface area (Å²) in [7, 11) is 2.23. The van der Waals surface area contributed by atoms with Crippen LogP contribution in [-0.4, -0.2) is 80.3 Å². The first-order valence-corrected chi connectivity index (χ1v) is 9.98. The number of piperidine rings is 1. The molecule has 0 bridgehead atoms. The van der Waals surface area contributed by atoms with Gasteiger partial charge < -0.3 is 9.64 Å². The fraction of sp³-hybridized carbons (Fsp3) is 0.778. The van der Waals surface area contributed by atoms with Crippen LogP contribution in [0.4, 0.5) is 0 Å². The van der Waals surface area contributed by atoms with Crippen LogP contribution in [0.5, 0.6) is 0 Å². The van der Waals surface area contributed by atoms with Crippen LogP contribution < -0.4 is 0 Å². The summed E-state index contributed by atoms with van der Waals surface area (Å²) in [6.07, 6.45) is 1.77. The molecule has 0 amide bonds. The Kier molecular flexibility index (Phi) is 5.02. The summed E-state index contributed by atoms with van der Waals surface area (Å²) in [6, 6.07) is 2.27. The number of piperazine rings is 1. The van der Waals surface area contributed by atoms with Crippen LogP contribution in [0.1, 0.15) is 12.0 Å². The van der Waals surface area contributed by atoms with Gasteiger partial charge in [-0.2, -0.15) is 11.3 Å². The molecule has 4 rings (SSSR count). The topological polar surface area (TPSA) is 19.0 Å². The van der Waals surface area contributed by atoms with Crippen LogP contribution in [-0.2, 0) is 11.3 Å². The van der Waals surface area contributed by atoms with E-state index in [9.17, 15) is 0 Å². The molecule has 128 valence electrons. The molecule has 0 unspecified atom stereocenters. The molecule has 0 saturated carbocycles. The molecular formula is C18H29N3OS. The number of nitrogens with zero attached hydrogens (tertiary/aromatic N) is 3. The minimum Gasteiger partial charge on any atom is -0.376 e. The predicted molar refractivity (Wildman–Crippen MR) is 94.9 cm³/mol. The van der Waals surface area contributed by atoms with Crippen LogP contribution >= 0.6 is 11.3 Å². The number of likely N-dealkylation sites (tertiary alicyclic amines) is 1. The Morgan fingerprint density at radius 3 is 2.83 bits per heavy atom. The van der Waals surface area contributed by atoms with Crippen molar-refractivity contribution in [3.05, 3.63) is 22.4 Å². The van der Waals surface area contributed by atoms with Crippen molar-refractivity contribution in [2.45, 2.75) is 19.1 Å². The molecule has 4 nitrogen and oxygen atoms in total. The first kappa shape index (κ1) is 16.0. The lowest BCUT2D eigenvalue weighted by atomic mass is 9.84. The van der Waals surface area contributed by atoms with E-state index in [1.54, 1.807) is 0 Å². The van der Waals surface area contributed by atoms with E-state index in [2.05, 4.69) is 38.6 Å². The third-order valence-electron chi connectivity index (χ3n) is 5.91. The summed E-state index contributed by atoms with van der Waals surface area (Å²) in [6.45, 7) is 10.5. The van der Waals surface area contributed by atoms with Crippen LogP contribution in [0.25, 0.3) is 0 Å². The van der Waals surface area contributed by atoms with Crippen molar-refractivity contribution < 1.29 is 4.74 Å². The smallest absolute Gasteiger partial charge is 0.0745 e. The van der Waals surface area contributed by atoms with Gasteiger partial charge in [-0.3, -0.25) is 9.80 Å². The van der Waals surface area contributed by atoms with Gasteiger partial charge in [-0.15, -0.1) is 0 Å². The maximum absolute atomic E-state index is 6.23. The van der Waals surface area contributed by atoms with Crippen LogP contribution in [0.3, 0.4) is 0 Å². The molecule has 1 aromatic heterocycles. The van der Waals surface area contributed by atoms with Gasteiger partial charge in [0.15, 0.2) is 0 Å². The monoisotopic (exact) mass is 335 g/mol. The second-order valence-corrected chi connectivity index (χ2v) is 8.34. The Morgan fingerprint density at radius 2 is 2.04 bits per heavy atom. The molecule has 3 atom stereocenters. The highest BCUT2D eigenvalue weighted by atomic mass is 32.1. The fourth-order valence-electron chi connectivity index (χ4n) is 4.36. The number of thiophene rings is 1. The van der Waals surface area contributed by atoms with Crippen molar-refractivity contribution in [2.75, 3.05) is 59.5 Å². The van der Waals surface area contributed by atoms with Gasteiger partial charge in [0.05, 0.1) is 12.7 Å². The summed E-state index contributed by atoms with van der Waals surface area (Å²) in [5.74, 6) is 1.54. The third kappa shape index (κ3) is 3.80. The van der Waals surface area contributed by atoms with Gasteiger partial charge in [-0.25, -0.2) is 0 Å². The van der Waals surface area contributed by atoms with Crippen molar-refractivity contribution in [1.82, 2.24) is 14.7 Å². The first-order chi connectivity index (χ1) is 11.3. The summed E-state index contributed by atoms with van der Waals surface area (Å²) in [4.78, 5) is 7.69. The normalized spacial score (nSPS) is 33.9. The van der Waals surface area contributed by atoms with Gasteiger partial charge in [0.2, 0.25) is 0 Å². The minimum absolute atomic E-state index is 0.452. The average molecular weight is 336 g/mol. The Morgan fingerprint density at radius 1 is 1.17 bits per heavy atom. The lowest BCUT2D eigenvalue weighted by Crippen LogP contribution is -2.49. The number of hydrogen-bond donors (Lipinski definition) is 0. The number of fused-ring (bicyclic) bond motifs is 1. The van der Waals surface area contributed by atoms with Gasteiger partial charge in [-0.05, 0) is 48.3 Å². The second-order valence-electron chi connectivity index (χ2n) is 7.55. The number of hydrogen-bond acceptors (Lipinski definition) is 5. The van der Waals surface area contributed by atoms with Crippen molar-refractivity contribution in [2.24, 2.45) is 11.8 Å². The average Bonchev–Trinajstić information content (AvgIpc) is 3.20. The SMILES string of the molecule is CN1CCN(C[C@@H]2OC[C@H]3CCN(Cc4ccsc4)C[C@H]32)CC1. The maximum atomic E-state index is 6.23. The van der Waals surface area contributed by atoms with E-state index >= 15 is 0 Å². The standard InChI is InChI=1S/C18H29N3OS/c1-19-5-7-20(8-6-19)12-18-17-11-21(4-2-16(17)13-22-18)10-15-3-9-23-14-15/h3,9,14,16-18H,2,4-8,10-13H2,1H3/t16-,17-,18+/m1/s1. The molecule has 3 aliphatic heterocycles. The molecule has 23 heavy (non-hydrogen) atoms. The van der Waals surface area contributed by atoms with E-state index in [-0.39, 0.29) is 0 Å². The minimum atomic E-state index is 0.452. The Labute approximate surface area is 144 Å². The van der Waals surface area contributed by atoms with Gasteiger partial charge in [0.1, 0.15) is 0 Å². The van der Waals surface area contributed by atoms with E-state index in [4.69, 9.17) is 4.74 Å². The van der Waals surface area contributed by atoms with Crippen LogP contribution in [0.2, 0.25) is 0 Å². The van der Waals surface area contributed by atoms with Gasteiger partial charge in [-0.1, -0.05) is 0 Å². The van der Waals surface area contributed by atoms with Crippen LogP contribution in [0.15, 0.2) is 16.8 Å². The number of likely N-dealkylation sites (N-methyl/N-ethyl adjacent to an activating group) is 1. The second kappa shape index (κ2) is 7.19. The highest BCUT2D eigenvalue weighted by Crippen LogP contribution is 2.35. The molecule has 4 heterocycles. The summed E-state index contributed by atoms with van der Waals surface area (Å²) in [5, 5.41) is 4.48. The van der Waals surface area contributed by atoms with Crippen molar-refractivity contribution in [3.8, 4) is 0 Å². The Hall–Kier alpha value is -0.460. The fourth-order valence-corrected chi connectivity index (χ4v) is 5.02. The van der Waals surface area contributed by atoms with Gasteiger partial charge in [0, 0.05) is 51.7 Å². The molecule has 1 aromatic rings. The zero-order chi connectivity index (χ0) is 15.6. The molecule has 0 N–H and O–H groups in total. The van der Waals surface area contributed by atoms with Crippen molar-refractivity contribution >= 4 is 11.3 Å². The molecule has 3 saturated heterocycles. The molecule has 3 fully saturated rings. The zero-order valence-electron chi connectivity index (χ0n) is 14.2. The molecule has 0 aliphatic carbocycles. The van der Waals surface area contributed by atoms with E-state index in [0.29, 0.717) is 6.10 Å². The van der Waals surface area contributed by atoms with Crippen molar-refractivity contribution in [1.29, 1.82) is 0 Å². The summed E-state index contributed by atoms with van der Waals surface area (Å²) in [5.41, 5.74) is 1.47. The first-order valence-electron chi connectivity index (χ1n) is 9.04. The molecule has 0 radical (unpaired) electrons. The number of ether oxygens (including phenoxy) is 1. The lowest BCUT2D eigenvalue weighted by molar-refractivity contribution is 0.0297. The quantitative estimate of drug-likeness (QED) is 0.836. The Bertz CT molecular complexity index is 486. The lowest BCUT2D eigenvalue weighted by Gasteiger charge is -2.38. The highest BCUT2D eigenvalue weighted by Gasteiger charge is 2.41. The summed E-state index contributed by atoms with van der Waals surface area (Å²) < 4.78 is 6.23. The van der Waals surface area contributed by atoms with Crippen molar-refractivity contribution in [3.63, 3.8) is 0 Å². The van der Waals surface area contributed by atoms with E-state index in [0.717, 1.165) is 31.5 Å². The highest BCUT2D eigenvalue weighted by molar-refractivity contribution is 7.07. The summed E-state index contributed by atoms with van der Waals surface area (Å²) >= 11 is 1.81. The maximum Gasteiger partial charge on any atom is 0.0745 e. The van der Waals surface area contributed by atoms with E-state index in [1.165, 1.54) is 51.3 Å². The van der Waals surface area contributed by atoms with E-state index in [1.807, 2.05) is 11.3 Å². The predicted octanol–water partition coefficient (Wildman–Crippen LogP) is 1.83. The molecule has 0 spiro atoms. The largest absolute Gasteiger partial charge is 0.376 e. The molecule has 5 heteroatoms. The van der Waals surface area contributed by atoms with Gasteiger partial charge >= 0.3 is 0 Å². The Balaban J connectivity index is 1.33. The molecular weight excluding hydrogens is 306 g/mol. The molecule has 0 aromatic carbocycles.